The number of hydrogen-bond acceptors (Lipinski definition) is 4. The zero-order valence-corrected chi connectivity index (χ0v) is 19.7. The summed E-state index contributed by atoms with van der Waals surface area (Å²) >= 11 is 0. The van der Waals surface area contributed by atoms with Gasteiger partial charge in [-0.25, -0.2) is 4.79 Å². The zero-order valence-electron chi connectivity index (χ0n) is 19.7. The summed E-state index contributed by atoms with van der Waals surface area (Å²) in [5.74, 6) is -1.74. The Morgan fingerprint density at radius 1 is 0.914 bits per heavy atom. The standard InChI is InChI=1S/C28H32N2O5/c31-26(30-25-14-6-13-22(25)27(32)33)23(17-7-5-8-17)15-29-28(34)35-16-24-20-11-3-1-9-18(20)19-10-2-4-12-21(19)24/h1-4,9-12,17,22-25H,5-8,13-16H2,(H,29,34)(H,30,31)(H,32,33). The summed E-state index contributed by atoms with van der Waals surface area (Å²) < 4.78 is 5.62. The van der Waals surface area contributed by atoms with Crippen LogP contribution < -0.4 is 10.6 Å². The fourth-order valence-corrected chi connectivity index (χ4v) is 5.88. The summed E-state index contributed by atoms with van der Waals surface area (Å²) in [6.45, 7) is 0.417. The Kier molecular flexibility index (Phi) is 6.75. The number of fused-ring (bicyclic) bond motifs is 3. The third kappa shape index (κ3) is 4.77. The van der Waals surface area contributed by atoms with Crippen LogP contribution in [0.1, 0.15) is 55.6 Å². The van der Waals surface area contributed by atoms with Crippen molar-refractivity contribution >= 4 is 18.0 Å². The smallest absolute Gasteiger partial charge is 0.407 e. The van der Waals surface area contributed by atoms with Gasteiger partial charge in [-0.05, 0) is 53.9 Å². The van der Waals surface area contributed by atoms with Crippen LogP contribution in [-0.2, 0) is 14.3 Å². The quantitative estimate of drug-likeness (QED) is 0.527. The van der Waals surface area contributed by atoms with E-state index >= 15 is 0 Å². The SMILES string of the molecule is O=C(NCC(C(=O)NC1CCCC1C(=O)O)C1CCC1)OCC1c2ccccc2-c2ccccc21. The van der Waals surface area contributed by atoms with Crippen LogP contribution in [0, 0.1) is 17.8 Å². The van der Waals surface area contributed by atoms with Crippen LogP contribution in [-0.4, -0.2) is 42.3 Å². The lowest BCUT2D eigenvalue weighted by molar-refractivity contribution is -0.142. The number of rotatable bonds is 8. The third-order valence-electron chi connectivity index (χ3n) is 8.03. The van der Waals surface area contributed by atoms with Gasteiger partial charge in [0.1, 0.15) is 6.61 Å². The molecule has 3 aliphatic carbocycles. The summed E-state index contributed by atoms with van der Waals surface area (Å²) in [4.78, 5) is 37.2. The number of carboxylic acids is 1. The van der Waals surface area contributed by atoms with Crippen molar-refractivity contribution in [3.8, 4) is 11.1 Å². The molecule has 2 amide bonds. The number of ether oxygens (including phenoxy) is 1. The van der Waals surface area contributed by atoms with Crippen LogP contribution in [0.15, 0.2) is 48.5 Å². The van der Waals surface area contributed by atoms with Gasteiger partial charge in [-0.2, -0.15) is 0 Å². The van der Waals surface area contributed by atoms with E-state index in [4.69, 9.17) is 4.74 Å². The van der Waals surface area contributed by atoms with Gasteiger partial charge in [0, 0.05) is 18.5 Å². The minimum Gasteiger partial charge on any atom is -0.481 e. The minimum atomic E-state index is -0.857. The first-order valence-corrected chi connectivity index (χ1v) is 12.6. The predicted octanol–water partition coefficient (Wildman–Crippen LogP) is 4.31. The molecular weight excluding hydrogens is 444 g/mol. The van der Waals surface area contributed by atoms with Gasteiger partial charge in [0.2, 0.25) is 5.91 Å². The largest absolute Gasteiger partial charge is 0.481 e. The van der Waals surface area contributed by atoms with Gasteiger partial charge in [-0.3, -0.25) is 9.59 Å². The van der Waals surface area contributed by atoms with Gasteiger partial charge in [0.05, 0.1) is 11.8 Å². The molecule has 0 aromatic heterocycles. The molecule has 2 fully saturated rings. The van der Waals surface area contributed by atoms with E-state index in [2.05, 4.69) is 34.9 Å². The number of nitrogens with one attached hydrogen (secondary N) is 2. The van der Waals surface area contributed by atoms with Crippen molar-refractivity contribution in [3.05, 3.63) is 59.7 Å². The maximum absolute atomic E-state index is 13.1. The van der Waals surface area contributed by atoms with Gasteiger partial charge in [-0.1, -0.05) is 61.4 Å². The first kappa shape index (κ1) is 23.4. The fraction of sp³-hybridized carbons (Fsp3) is 0.464. The van der Waals surface area contributed by atoms with E-state index < -0.39 is 18.0 Å². The summed E-state index contributed by atoms with van der Waals surface area (Å²) in [7, 11) is 0. The molecule has 0 spiro atoms. The third-order valence-corrected chi connectivity index (χ3v) is 8.03. The van der Waals surface area contributed by atoms with Crippen LogP contribution >= 0.6 is 0 Å². The van der Waals surface area contributed by atoms with Crippen molar-refractivity contribution in [1.29, 1.82) is 0 Å². The van der Waals surface area contributed by atoms with E-state index in [0.29, 0.717) is 12.8 Å². The number of carboxylic acid groups (broad SMARTS) is 1. The Morgan fingerprint density at radius 2 is 1.54 bits per heavy atom. The van der Waals surface area contributed by atoms with Crippen LogP contribution in [0.25, 0.3) is 11.1 Å². The van der Waals surface area contributed by atoms with Gasteiger partial charge in [-0.15, -0.1) is 0 Å². The van der Waals surface area contributed by atoms with Crippen molar-refractivity contribution in [3.63, 3.8) is 0 Å². The molecule has 0 saturated heterocycles. The molecule has 3 N–H and O–H groups in total. The van der Waals surface area contributed by atoms with Crippen molar-refractivity contribution in [2.24, 2.45) is 17.8 Å². The molecule has 184 valence electrons. The van der Waals surface area contributed by atoms with E-state index in [1.54, 1.807) is 0 Å². The van der Waals surface area contributed by atoms with Gasteiger partial charge in [0.25, 0.3) is 0 Å². The molecule has 7 heteroatoms. The number of hydrogen-bond donors (Lipinski definition) is 3. The van der Waals surface area contributed by atoms with E-state index in [9.17, 15) is 19.5 Å². The van der Waals surface area contributed by atoms with E-state index in [1.165, 1.54) is 11.1 Å². The molecule has 3 aliphatic rings. The number of amides is 2. The molecule has 2 aromatic rings. The molecule has 0 radical (unpaired) electrons. The second-order valence-electron chi connectivity index (χ2n) is 9.99. The van der Waals surface area contributed by atoms with Crippen LogP contribution in [0.3, 0.4) is 0 Å². The lowest BCUT2D eigenvalue weighted by Crippen LogP contribution is -2.49. The Balaban J connectivity index is 1.18. The summed E-state index contributed by atoms with van der Waals surface area (Å²) in [6.07, 6.45) is 4.49. The van der Waals surface area contributed by atoms with E-state index in [0.717, 1.165) is 36.8 Å². The van der Waals surface area contributed by atoms with E-state index in [-0.39, 0.29) is 42.9 Å². The second kappa shape index (κ2) is 10.1. The number of carbonyl (C=O) groups excluding carboxylic acids is 2. The van der Waals surface area contributed by atoms with Crippen molar-refractivity contribution in [2.75, 3.05) is 13.2 Å². The Bertz CT molecular complexity index is 1070. The first-order chi connectivity index (χ1) is 17.0. The monoisotopic (exact) mass is 476 g/mol. The average molecular weight is 477 g/mol. The van der Waals surface area contributed by atoms with Crippen molar-refractivity contribution in [1.82, 2.24) is 10.6 Å². The average Bonchev–Trinajstić information content (AvgIpc) is 3.41. The minimum absolute atomic E-state index is 0.0193. The van der Waals surface area contributed by atoms with E-state index in [1.807, 2.05) is 24.3 Å². The lowest BCUT2D eigenvalue weighted by Gasteiger charge is -2.34. The number of aliphatic carboxylic acids is 1. The highest BCUT2D eigenvalue weighted by molar-refractivity contribution is 5.82. The molecule has 2 saturated carbocycles. The lowest BCUT2D eigenvalue weighted by atomic mass is 9.75. The summed E-state index contributed by atoms with van der Waals surface area (Å²) in [5.41, 5.74) is 4.64. The van der Waals surface area contributed by atoms with Crippen molar-refractivity contribution in [2.45, 2.75) is 50.5 Å². The van der Waals surface area contributed by atoms with Gasteiger partial charge < -0.3 is 20.5 Å². The summed E-state index contributed by atoms with van der Waals surface area (Å²) in [5, 5.41) is 15.2. The molecule has 7 nitrogen and oxygen atoms in total. The van der Waals surface area contributed by atoms with Gasteiger partial charge in [0.15, 0.2) is 0 Å². The number of alkyl carbamates (subject to hydrolysis) is 1. The first-order valence-electron chi connectivity index (χ1n) is 12.6. The normalized spacial score (nSPS) is 21.9. The van der Waals surface area contributed by atoms with Crippen LogP contribution in [0.5, 0.6) is 0 Å². The molecule has 0 aliphatic heterocycles. The molecule has 2 aromatic carbocycles. The Morgan fingerprint density at radius 3 is 2.14 bits per heavy atom. The Hall–Kier alpha value is -3.35. The molecule has 3 unspecified atom stereocenters. The van der Waals surface area contributed by atoms with Crippen LogP contribution in [0.4, 0.5) is 4.79 Å². The molecule has 0 bridgehead atoms. The molecule has 3 atom stereocenters. The highest BCUT2D eigenvalue weighted by Crippen LogP contribution is 2.44. The Labute approximate surface area is 205 Å². The number of carbonyl (C=O) groups is 3. The molecule has 35 heavy (non-hydrogen) atoms. The molecular formula is C28H32N2O5. The topological polar surface area (TPSA) is 105 Å². The highest BCUT2D eigenvalue weighted by Gasteiger charge is 2.38. The molecule has 0 heterocycles. The maximum atomic E-state index is 13.1. The number of benzene rings is 2. The highest BCUT2D eigenvalue weighted by atomic mass is 16.5. The summed E-state index contributed by atoms with van der Waals surface area (Å²) in [6, 6.07) is 16.0. The van der Waals surface area contributed by atoms with Crippen molar-refractivity contribution < 1.29 is 24.2 Å². The molecule has 5 rings (SSSR count). The van der Waals surface area contributed by atoms with Crippen LogP contribution in [0.2, 0.25) is 0 Å². The maximum Gasteiger partial charge on any atom is 0.407 e. The second-order valence-corrected chi connectivity index (χ2v) is 9.99. The zero-order chi connectivity index (χ0) is 24.4. The predicted molar refractivity (Wildman–Crippen MR) is 131 cm³/mol. The van der Waals surface area contributed by atoms with Gasteiger partial charge >= 0.3 is 12.1 Å². The fourth-order valence-electron chi connectivity index (χ4n) is 5.88.